The van der Waals surface area contributed by atoms with Crippen LogP contribution < -0.4 is 0 Å². The minimum Gasteiger partial charge on any atom is -0.331 e. The molecule has 3 atom stereocenters. The zero-order valence-electron chi connectivity index (χ0n) is 18.3. The van der Waals surface area contributed by atoms with E-state index in [2.05, 4.69) is 19.9 Å². The highest BCUT2D eigenvalue weighted by Gasteiger charge is 2.49. The van der Waals surface area contributed by atoms with E-state index in [1.165, 1.54) is 0 Å². The highest BCUT2D eigenvalue weighted by molar-refractivity contribution is 5.99. The van der Waals surface area contributed by atoms with Crippen molar-refractivity contribution in [2.75, 3.05) is 0 Å². The molecule has 34 heavy (non-hydrogen) atoms. The maximum Gasteiger partial charge on any atom is 0.417 e. The first-order valence-electron chi connectivity index (χ1n) is 11.0. The Morgan fingerprint density at radius 2 is 1.85 bits per heavy atom. The van der Waals surface area contributed by atoms with Crippen molar-refractivity contribution in [3.8, 4) is 11.4 Å². The van der Waals surface area contributed by atoms with Crippen molar-refractivity contribution in [2.24, 2.45) is 5.92 Å². The van der Waals surface area contributed by atoms with Crippen molar-refractivity contribution in [3.05, 3.63) is 71.3 Å². The van der Waals surface area contributed by atoms with E-state index in [1.807, 2.05) is 13.0 Å². The molecule has 0 spiro atoms. The number of aromatic nitrogens is 4. The molecule has 0 aliphatic carbocycles. The zero-order chi connectivity index (χ0) is 24.0. The molecule has 2 aliphatic heterocycles. The molecule has 2 fully saturated rings. The lowest BCUT2D eigenvalue weighted by atomic mass is 9.85. The van der Waals surface area contributed by atoms with Crippen molar-refractivity contribution in [2.45, 2.75) is 50.9 Å². The predicted molar refractivity (Wildman–Crippen MR) is 114 cm³/mol. The van der Waals surface area contributed by atoms with Crippen LogP contribution in [-0.4, -0.2) is 42.8 Å². The molecule has 2 saturated heterocycles. The maximum absolute atomic E-state index is 14.4. The molecule has 2 aliphatic rings. The van der Waals surface area contributed by atoms with Crippen LogP contribution in [0.1, 0.15) is 46.6 Å². The summed E-state index contributed by atoms with van der Waals surface area (Å²) in [7, 11) is 0. The van der Waals surface area contributed by atoms with Gasteiger partial charge in [-0.1, -0.05) is 0 Å². The average molecular weight is 471 g/mol. The average Bonchev–Trinajstić information content (AvgIpc) is 3.37. The number of hydrogen-bond donors (Lipinski definition) is 0. The summed E-state index contributed by atoms with van der Waals surface area (Å²) in [6, 6.07) is 3.81. The van der Waals surface area contributed by atoms with Gasteiger partial charge in [0.05, 0.1) is 16.8 Å². The molecule has 5 rings (SSSR count). The maximum atomic E-state index is 14.4. The number of fused-ring (bicyclic) bond motifs is 2. The molecule has 10 heteroatoms. The van der Waals surface area contributed by atoms with E-state index in [9.17, 15) is 22.4 Å². The van der Waals surface area contributed by atoms with Crippen molar-refractivity contribution in [1.82, 2.24) is 24.8 Å². The third-order valence-electron chi connectivity index (χ3n) is 6.63. The summed E-state index contributed by atoms with van der Waals surface area (Å²) in [5.74, 6) is -0.901. The number of aryl methyl sites for hydroxylation is 1. The summed E-state index contributed by atoms with van der Waals surface area (Å²) in [6.45, 7) is 1.87. The monoisotopic (exact) mass is 471 g/mol. The second-order valence-electron chi connectivity index (χ2n) is 8.84. The minimum atomic E-state index is -4.65. The third-order valence-corrected chi connectivity index (χ3v) is 6.63. The van der Waals surface area contributed by atoms with Crippen LogP contribution in [0.25, 0.3) is 11.4 Å². The van der Waals surface area contributed by atoms with Gasteiger partial charge in [0.2, 0.25) is 0 Å². The first-order valence-corrected chi connectivity index (χ1v) is 11.0. The Bertz CT molecular complexity index is 1230. The summed E-state index contributed by atoms with van der Waals surface area (Å²) in [5, 5.41) is 0. The quantitative estimate of drug-likeness (QED) is 0.519. The Morgan fingerprint density at radius 3 is 2.56 bits per heavy atom. The molecule has 0 saturated carbocycles. The van der Waals surface area contributed by atoms with Crippen LogP contribution in [0.2, 0.25) is 0 Å². The van der Waals surface area contributed by atoms with Crippen LogP contribution in [0.5, 0.6) is 0 Å². The number of nitrogens with zero attached hydrogens (tertiary/aromatic N) is 5. The fourth-order valence-corrected chi connectivity index (χ4v) is 5.14. The highest BCUT2D eigenvalue weighted by Crippen LogP contribution is 2.44. The molecule has 0 radical (unpaired) electrons. The van der Waals surface area contributed by atoms with E-state index in [4.69, 9.17) is 0 Å². The van der Waals surface area contributed by atoms with E-state index >= 15 is 0 Å². The van der Waals surface area contributed by atoms with Gasteiger partial charge in [-0.25, -0.2) is 14.4 Å². The molecule has 0 aromatic carbocycles. The minimum absolute atomic E-state index is 0.00946. The second-order valence-corrected chi connectivity index (χ2v) is 8.84. The van der Waals surface area contributed by atoms with Crippen LogP contribution >= 0.6 is 0 Å². The summed E-state index contributed by atoms with van der Waals surface area (Å²) >= 11 is 0. The Labute approximate surface area is 193 Å². The van der Waals surface area contributed by atoms with Crippen molar-refractivity contribution < 1.29 is 22.4 Å². The number of rotatable bonds is 4. The van der Waals surface area contributed by atoms with Crippen LogP contribution in [0.15, 0.2) is 43.0 Å². The Balaban J connectivity index is 1.40. The van der Waals surface area contributed by atoms with Gasteiger partial charge in [0.25, 0.3) is 5.91 Å². The molecule has 3 aromatic rings. The largest absolute Gasteiger partial charge is 0.417 e. The van der Waals surface area contributed by atoms with Gasteiger partial charge >= 0.3 is 6.18 Å². The topological polar surface area (TPSA) is 71.9 Å². The molecule has 1 amide bonds. The molecule has 6 nitrogen and oxygen atoms in total. The first-order chi connectivity index (χ1) is 16.2. The second kappa shape index (κ2) is 8.41. The molecule has 3 unspecified atom stereocenters. The van der Waals surface area contributed by atoms with E-state index < -0.39 is 17.6 Å². The molecule has 176 valence electrons. The number of hydrogen-bond acceptors (Lipinski definition) is 5. The standard InChI is InChI=1S/C24H21F4N5O/c1-13-7-17(22-29-5-2-6-30-22)21(32-11-13)23(34)33-16-3-4-20(33)14(8-16)9-19-18(25)10-15(12-31-19)24(26,27)28/h2,5-7,10-12,14,16,20H,3-4,8-9H2,1H3. The van der Waals surface area contributed by atoms with Gasteiger partial charge < -0.3 is 4.90 Å². The molecule has 5 heterocycles. The smallest absolute Gasteiger partial charge is 0.331 e. The molecule has 3 aromatic heterocycles. The van der Waals surface area contributed by atoms with E-state index in [0.717, 1.165) is 18.4 Å². The molecule has 2 bridgehead atoms. The first kappa shape index (κ1) is 22.4. The van der Waals surface area contributed by atoms with E-state index in [-0.39, 0.29) is 41.7 Å². The lowest BCUT2D eigenvalue weighted by molar-refractivity contribution is -0.138. The van der Waals surface area contributed by atoms with Crippen LogP contribution in [0, 0.1) is 18.7 Å². The Morgan fingerprint density at radius 1 is 1.09 bits per heavy atom. The van der Waals surface area contributed by atoms with Gasteiger partial charge in [-0.15, -0.1) is 0 Å². The zero-order valence-corrected chi connectivity index (χ0v) is 18.3. The van der Waals surface area contributed by atoms with Gasteiger partial charge in [-0.05, 0) is 62.3 Å². The van der Waals surface area contributed by atoms with Crippen molar-refractivity contribution in [3.63, 3.8) is 0 Å². The van der Waals surface area contributed by atoms with Gasteiger partial charge in [0.15, 0.2) is 5.82 Å². The van der Waals surface area contributed by atoms with E-state index in [1.54, 1.807) is 29.6 Å². The SMILES string of the molecule is Cc1cnc(C(=O)N2C3CCC2C(Cc2ncc(C(F)(F)F)cc2F)C3)c(-c2ncccn2)c1. The van der Waals surface area contributed by atoms with E-state index in [0.29, 0.717) is 30.1 Å². The van der Waals surface area contributed by atoms with Crippen molar-refractivity contribution >= 4 is 5.91 Å². The van der Waals surface area contributed by atoms with Crippen LogP contribution in [0.3, 0.4) is 0 Å². The number of carbonyl (C=O) groups excluding carboxylic acids is 1. The number of carbonyl (C=O) groups is 1. The van der Waals surface area contributed by atoms with Crippen molar-refractivity contribution in [1.29, 1.82) is 0 Å². The molecular formula is C24H21F4N5O. The lowest BCUT2D eigenvalue weighted by Crippen LogP contribution is -2.37. The summed E-state index contributed by atoms with van der Waals surface area (Å²) in [4.78, 5) is 32.1. The van der Waals surface area contributed by atoms with Crippen LogP contribution in [0.4, 0.5) is 17.6 Å². The third kappa shape index (κ3) is 4.01. The predicted octanol–water partition coefficient (Wildman–Crippen LogP) is 4.64. The lowest BCUT2D eigenvalue weighted by Gasteiger charge is -2.25. The normalized spacial score (nSPS) is 21.8. The Kier molecular flexibility index (Phi) is 5.53. The number of pyridine rings is 2. The fourth-order valence-electron chi connectivity index (χ4n) is 5.14. The summed E-state index contributed by atoms with van der Waals surface area (Å²) in [6.07, 6.45) is 3.20. The number of alkyl halides is 3. The van der Waals surface area contributed by atoms with Crippen LogP contribution in [-0.2, 0) is 12.6 Å². The molecular weight excluding hydrogens is 450 g/mol. The Hall–Kier alpha value is -3.43. The van der Waals surface area contributed by atoms with Gasteiger partial charge in [-0.3, -0.25) is 14.8 Å². The van der Waals surface area contributed by atoms with Gasteiger partial charge in [-0.2, -0.15) is 13.2 Å². The molecule has 0 N–H and O–H groups in total. The summed E-state index contributed by atoms with van der Waals surface area (Å²) in [5.41, 5.74) is 0.548. The fraction of sp³-hybridized carbons (Fsp3) is 0.375. The number of amides is 1. The summed E-state index contributed by atoms with van der Waals surface area (Å²) < 4.78 is 52.9. The van der Waals surface area contributed by atoms with Gasteiger partial charge in [0.1, 0.15) is 11.5 Å². The highest BCUT2D eigenvalue weighted by atomic mass is 19.4. The number of halogens is 4. The van der Waals surface area contributed by atoms with Gasteiger partial charge in [0, 0.05) is 36.9 Å².